The molecule has 0 aromatic carbocycles. The summed E-state index contributed by atoms with van der Waals surface area (Å²) in [7, 11) is 0. The number of hydrogen-bond donors (Lipinski definition) is 1. The highest BCUT2D eigenvalue weighted by Crippen LogP contribution is 2.28. The first-order valence-corrected chi connectivity index (χ1v) is 5.21. The normalized spacial score (nSPS) is 16.6. The van der Waals surface area contributed by atoms with E-state index in [2.05, 4.69) is 35.5 Å². The third-order valence-corrected chi connectivity index (χ3v) is 2.84. The molecular formula is C10H18N4. The predicted octanol–water partition coefficient (Wildman–Crippen LogP) is 1.38. The van der Waals surface area contributed by atoms with Crippen molar-refractivity contribution in [3.63, 3.8) is 0 Å². The second kappa shape index (κ2) is 3.28. The molecule has 2 rings (SSSR count). The Hall–Kier alpha value is -1.03. The number of nitrogens with zero attached hydrogens (tertiary/aromatic N) is 3. The van der Waals surface area contributed by atoms with Crippen LogP contribution in [0.4, 0.5) is 5.82 Å². The van der Waals surface area contributed by atoms with Gasteiger partial charge in [0.25, 0.3) is 0 Å². The Morgan fingerprint density at radius 3 is 2.71 bits per heavy atom. The van der Waals surface area contributed by atoms with Crippen molar-refractivity contribution in [1.82, 2.24) is 14.7 Å². The van der Waals surface area contributed by atoms with Crippen LogP contribution in [0.25, 0.3) is 0 Å². The molecule has 2 heterocycles. The highest BCUT2D eigenvalue weighted by molar-refractivity contribution is 5.44. The van der Waals surface area contributed by atoms with E-state index in [9.17, 15) is 0 Å². The Morgan fingerprint density at radius 1 is 1.43 bits per heavy atom. The molecule has 0 bridgehead atoms. The monoisotopic (exact) mass is 194 g/mol. The number of rotatable bonds is 2. The molecule has 1 aromatic rings. The smallest absolute Gasteiger partial charge is 0.150 e. The van der Waals surface area contributed by atoms with Crippen molar-refractivity contribution >= 4 is 5.82 Å². The van der Waals surface area contributed by atoms with Crippen LogP contribution in [0.15, 0.2) is 0 Å². The molecule has 1 aliphatic rings. The number of aromatic nitrogens is 2. The molecule has 1 aromatic heterocycles. The van der Waals surface area contributed by atoms with Crippen LogP contribution in [0, 0.1) is 0 Å². The Morgan fingerprint density at radius 2 is 2.14 bits per heavy atom. The summed E-state index contributed by atoms with van der Waals surface area (Å²) in [6, 6.07) is 0.401. The molecular weight excluding hydrogens is 176 g/mol. The maximum absolute atomic E-state index is 5.89. The van der Waals surface area contributed by atoms with Crippen LogP contribution in [0.2, 0.25) is 0 Å². The summed E-state index contributed by atoms with van der Waals surface area (Å²) < 4.78 is 2.06. The van der Waals surface area contributed by atoms with E-state index in [4.69, 9.17) is 5.73 Å². The van der Waals surface area contributed by atoms with E-state index in [-0.39, 0.29) is 0 Å². The zero-order valence-corrected chi connectivity index (χ0v) is 9.12. The summed E-state index contributed by atoms with van der Waals surface area (Å²) in [5.41, 5.74) is 8.43. The lowest BCUT2D eigenvalue weighted by Crippen LogP contribution is -2.18. The first kappa shape index (κ1) is 9.52. The van der Waals surface area contributed by atoms with E-state index < -0.39 is 0 Å². The molecule has 0 unspecified atom stereocenters. The van der Waals surface area contributed by atoms with Crippen molar-refractivity contribution < 1.29 is 0 Å². The standard InChI is InChI=1S/C10H18N4/c1-4-13-5-8-9(6-13)14(7(2)3)12-10(8)11/h7H,4-6H2,1-3H3,(H2,11,12). The summed E-state index contributed by atoms with van der Waals surface area (Å²) in [5, 5.41) is 4.37. The fourth-order valence-electron chi connectivity index (χ4n) is 2.01. The topological polar surface area (TPSA) is 47.1 Å². The van der Waals surface area contributed by atoms with Gasteiger partial charge in [-0.25, -0.2) is 0 Å². The molecule has 78 valence electrons. The average Bonchev–Trinajstić information content (AvgIpc) is 2.66. The molecule has 4 heteroatoms. The van der Waals surface area contributed by atoms with Gasteiger partial charge in [-0.05, 0) is 20.4 Å². The van der Waals surface area contributed by atoms with Gasteiger partial charge in [-0.2, -0.15) is 5.10 Å². The number of nitrogen functional groups attached to an aromatic ring is 1. The third kappa shape index (κ3) is 1.30. The maximum atomic E-state index is 5.89. The Bertz CT molecular complexity index is 340. The molecule has 4 nitrogen and oxygen atoms in total. The van der Waals surface area contributed by atoms with E-state index in [1.807, 2.05) is 0 Å². The summed E-state index contributed by atoms with van der Waals surface area (Å²) in [6.45, 7) is 9.49. The van der Waals surface area contributed by atoms with Crippen LogP contribution in [0.1, 0.15) is 38.1 Å². The van der Waals surface area contributed by atoms with Crippen molar-refractivity contribution in [2.75, 3.05) is 12.3 Å². The predicted molar refractivity (Wildman–Crippen MR) is 56.8 cm³/mol. The molecule has 0 saturated carbocycles. The number of nitrogens with two attached hydrogens (primary N) is 1. The molecule has 14 heavy (non-hydrogen) atoms. The average molecular weight is 194 g/mol. The third-order valence-electron chi connectivity index (χ3n) is 2.84. The minimum Gasteiger partial charge on any atom is -0.382 e. The largest absolute Gasteiger partial charge is 0.382 e. The highest BCUT2D eigenvalue weighted by Gasteiger charge is 2.26. The van der Waals surface area contributed by atoms with Crippen molar-refractivity contribution in [3.05, 3.63) is 11.3 Å². The highest BCUT2D eigenvalue weighted by atomic mass is 15.3. The number of hydrogen-bond acceptors (Lipinski definition) is 3. The summed E-state index contributed by atoms with van der Waals surface area (Å²) >= 11 is 0. The Labute approximate surface area is 84.7 Å². The lowest BCUT2D eigenvalue weighted by Gasteiger charge is -2.13. The van der Waals surface area contributed by atoms with Crippen LogP contribution in [0.5, 0.6) is 0 Å². The molecule has 0 radical (unpaired) electrons. The van der Waals surface area contributed by atoms with Crippen molar-refractivity contribution in [1.29, 1.82) is 0 Å². The minimum absolute atomic E-state index is 0.401. The molecule has 0 fully saturated rings. The first-order valence-electron chi connectivity index (χ1n) is 5.21. The summed E-state index contributed by atoms with van der Waals surface area (Å²) in [5.74, 6) is 0.713. The van der Waals surface area contributed by atoms with Gasteiger partial charge in [-0.15, -0.1) is 0 Å². The van der Waals surface area contributed by atoms with Gasteiger partial charge in [0, 0.05) is 24.7 Å². The van der Waals surface area contributed by atoms with Crippen molar-refractivity contribution in [2.45, 2.75) is 39.9 Å². The van der Waals surface area contributed by atoms with Crippen molar-refractivity contribution in [3.8, 4) is 0 Å². The van der Waals surface area contributed by atoms with Crippen LogP contribution < -0.4 is 5.73 Å². The van der Waals surface area contributed by atoms with E-state index in [1.54, 1.807) is 0 Å². The molecule has 0 aliphatic carbocycles. The van der Waals surface area contributed by atoms with Gasteiger partial charge in [0.2, 0.25) is 0 Å². The quantitative estimate of drug-likeness (QED) is 0.773. The van der Waals surface area contributed by atoms with Crippen molar-refractivity contribution in [2.24, 2.45) is 0 Å². The molecule has 0 atom stereocenters. The molecule has 0 saturated heterocycles. The van der Waals surface area contributed by atoms with Crippen LogP contribution >= 0.6 is 0 Å². The maximum Gasteiger partial charge on any atom is 0.150 e. The summed E-state index contributed by atoms with van der Waals surface area (Å²) in [4.78, 5) is 2.38. The van der Waals surface area contributed by atoms with Gasteiger partial charge in [0.1, 0.15) is 5.82 Å². The van der Waals surface area contributed by atoms with Gasteiger partial charge in [0.15, 0.2) is 0 Å². The fourth-order valence-corrected chi connectivity index (χ4v) is 2.01. The molecule has 1 aliphatic heterocycles. The van der Waals surface area contributed by atoms with Gasteiger partial charge >= 0.3 is 0 Å². The van der Waals surface area contributed by atoms with Gasteiger partial charge in [-0.3, -0.25) is 9.58 Å². The van der Waals surface area contributed by atoms with Crippen LogP contribution in [-0.4, -0.2) is 21.2 Å². The van der Waals surface area contributed by atoms with Gasteiger partial charge < -0.3 is 5.73 Å². The fraction of sp³-hybridized carbons (Fsp3) is 0.700. The van der Waals surface area contributed by atoms with Crippen LogP contribution in [-0.2, 0) is 13.1 Å². The summed E-state index contributed by atoms with van der Waals surface area (Å²) in [6.07, 6.45) is 0. The second-order valence-corrected chi connectivity index (χ2v) is 4.15. The second-order valence-electron chi connectivity index (χ2n) is 4.15. The molecule has 0 spiro atoms. The lowest BCUT2D eigenvalue weighted by atomic mass is 10.2. The van der Waals surface area contributed by atoms with Crippen LogP contribution in [0.3, 0.4) is 0 Å². The Balaban J connectivity index is 2.37. The first-order chi connectivity index (χ1) is 6.63. The van der Waals surface area contributed by atoms with E-state index in [1.165, 1.54) is 11.3 Å². The molecule has 2 N–H and O–H groups in total. The van der Waals surface area contributed by atoms with E-state index >= 15 is 0 Å². The zero-order valence-electron chi connectivity index (χ0n) is 9.12. The number of fused-ring (bicyclic) bond motifs is 1. The number of anilines is 1. The SMILES string of the molecule is CCN1Cc2c(N)nn(C(C)C)c2C1. The lowest BCUT2D eigenvalue weighted by molar-refractivity contribution is 0.290. The molecule has 0 amide bonds. The zero-order chi connectivity index (χ0) is 10.3. The van der Waals surface area contributed by atoms with Gasteiger partial charge in [0.05, 0.1) is 5.69 Å². The van der Waals surface area contributed by atoms with E-state index in [0.717, 1.165) is 19.6 Å². The van der Waals surface area contributed by atoms with E-state index in [0.29, 0.717) is 11.9 Å². The Kier molecular flexibility index (Phi) is 2.23. The minimum atomic E-state index is 0.401. The van der Waals surface area contributed by atoms with Gasteiger partial charge in [-0.1, -0.05) is 6.92 Å².